The van der Waals surface area contributed by atoms with Gasteiger partial charge in [-0.1, -0.05) is 12.1 Å². The normalized spacial score (nSPS) is 12.5. The van der Waals surface area contributed by atoms with Crippen LogP contribution in [0.2, 0.25) is 0 Å². The summed E-state index contributed by atoms with van der Waals surface area (Å²) in [5.74, 6) is 0.247. The summed E-state index contributed by atoms with van der Waals surface area (Å²) in [5.41, 5.74) is 2.50. The number of amides is 1. The van der Waals surface area contributed by atoms with Gasteiger partial charge in [-0.25, -0.2) is 0 Å². The van der Waals surface area contributed by atoms with E-state index in [1.54, 1.807) is 18.2 Å². The Kier molecular flexibility index (Phi) is 3.50. The predicted molar refractivity (Wildman–Crippen MR) is 79.0 cm³/mol. The Hall–Kier alpha value is -2.53. The van der Waals surface area contributed by atoms with Gasteiger partial charge in [-0.05, 0) is 36.8 Å². The molecule has 3 N–H and O–H groups in total. The lowest BCUT2D eigenvalue weighted by Gasteiger charge is -2.12. The Bertz CT molecular complexity index is 759. The molecule has 0 saturated carbocycles. The number of nitrogens with one attached hydrogen (secondary N) is 2. The summed E-state index contributed by atoms with van der Waals surface area (Å²) in [6, 6.07) is 10.6. The lowest BCUT2D eigenvalue weighted by molar-refractivity contribution is 0.0903. The van der Waals surface area contributed by atoms with Crippen molar-refractivity contribution >= 4 is 16.8 Å². The summed E-state index contributed by atoms with van der Waals surface area (Å²) in [5, 5.41) is 13.1. The van der Waals surface area contributed by atoms with E-state index in [2.05, 4.69) is 10.3 Å². The Morgan fingerprint density at radius 1 is 1.38 bits per heavy atom. The van der Waals surface area contributed by atoms with Crippen molar-refractivity contribution in [1.29, 1.82) is 0 Å². The van der Waals surface area contributed by atoms with Crippen molar-refractivity contribution in [2.45, 2.75) is 13.0 Å². The van der Waals surface area contributed by atoms with Gasteiger partial charge in [0.25, 0.3) is 5.91 Å². The highest BCUT2D eigenvalue weighted by Gasteiger charge is 2.18. The van der Waals surface area contributed by atoms with Gasteiger partial charge in [-0.2, -0.15) is 0 Å². The smallest absolute Gasteiger partial charge is 0.268 e. The molecule has 1 amide bonds. The lowest BCUT2D eigenvalue weighted by atomic mass is 10.2. The molecule has 2 heterocycles. The predicted octanol–water partition coefficient (Wildman–Crippen LogP) is 2.53. The molecule has 1 unspecified atom stereocenters. The molecule has 0 aliphatic carbocycles. The van der Waals surface area contributed by atoms with E-state index in [0.717, 1.165) is 16.5 Å². The monoisotopic (exact) mass is 284 g/mol. The molecule has 108 valence electrons. The first-order valence-corrected chi connectivity index (χ1v) is 6.72. The minimum Gasteiger partial charge on any atom is -0.467 e. The zero-order chi connectivity index (χ0) is 14.8. The van der Waals surface area contributed by atoms with Gasteiger partial charge < -0.3 is 19.8 Å². The maximum atomic E-state index is 12.3. The second-order valence-corrected chi connectivity index (χ2v) is 5.00. The minimum atomic E-state index is -0.555. The van der Waals surface area contributed by atoms with Crippen LogP contribution in [0.25, 0.3) is 10.9 Å². The van der Waals surface area contributed by atoms with Crippen molar-refractivity contribution in [3.05, 3.63) is 59.7 Å². The molecule has 0 aliphatic heterocycles. The maximum Gasteiger partial charge on any atom is 0.268 e. The molecular formula is C16H16N2O3. The van der Waals surface area contributed by atoms with Crippen LogP contribution in [-0.2, 0) is 0 Å². The van der Waals surface area contributed by atoms with Gasteiger partial charge in [0.05, 0.1) is 12.9 Å². The van der Waals surface area contributed by atoms with Crippen LogP contribution in [-0.4, -0.2) is 22.6 Å². The lowest BCUT2D eigenvalue weighted by Crippen LogP contribution is -2.30. The number of hydrogen-bond acceptors (Lipinski definition) is 3. The second-order valence-electron chi connectivity index (χ2n) is 5.00. The largest absolute Gasteiger partial charge is 0.467 e. The standard InChI is InChI=1S/C16H16N2O3/c1-10-4-5-11-8-13(17-12(11)7-10)16(20)18-14(9-19)15-3-2-6-21-15/h2-8,14,17,19H,9H2,1H3,(H,18,20). The summed E-state index contributed by atoms with van der Waals surface area (Å²) >= 11 is 0. The molecule has 0 fully saturated rings. The summed E-state index contributed by atoms with van der Waals surface area (Å²) < 4.78 is 5.21. The SMILES string of the molecule is Cc1ccc2cc(C(=O)NC(CO)c3ccco3)[nH]c2c1. The number of aromatic amines is 1. The molecule has 0 radical (unpaired) electrons. The third kappa shape index (κ3) is 2.68. The van der Waals surface area contributed by atoms with Crippen LogP contribution in [0.1, 0.15) is 27.9 Å². The molecule has 1 aromatic carbocycles. The molecule has 2 aromatic heterocycles. The van der Waals surface area contributed by atoms with Crippen LogP contribution in [0.4, 0.5) is 0 Å². The molecule has 3 rings (SSSR count). The van der Waals surface area contributed by atoms with Gasteiger partial charge >= 0.3 is 0 Å². The number of furan rings is 1. The number of carbonyl (C=O) groups is 1. The highest BCUT2D eigenvalue weighted by Crippen LogP contribution is 2.18. The zero-order valence-electron chi connectivity index (χ0n) is 11.6. The van der Waals surface area contributed by atoms with Crippen LogP contribution in [0, 0.1) is 6.92 Å². The number of hydrogen-bond donors (Lipinski definition) is 3. The average Bonchev–Trinajstić information content (AvgIpc) is 3.12. The van der Waals surface area contributed by atoms with Crippen LogP contribution in [0.5, 0.6) is 0 Å². The van der Waals surface area contributed by atoms with Crippen molar-refractivity contribution < 1.29 is 14.3 Å². The van der Waals surface area contributed by atoms with Crippen LogP contribution < -0.4 is 5.32 Å². The second kappa shape index (κ2) is 5.46. The van der Waals surface area contributed by atoms with Crippen molar-refractivity contribution in [3.8, 4) is 0 Å². The quantitative estimate of drug-likeness (QED) is 0.689. The van der Waals surface area contributed by atoms with Gasteiger partial charge in [0.15, 0.2) is 0 Å². The van der Waals surface area contributed by atoms with Gasteiger partial charge in [0, 0.05) is 10.9 Å². The molecule has 0 bridgehead atoms. The highest BCUT2D eigenvalue weighted by molar-refractivity contribution is 5.98. The molecule has 0 saturated heterocycles. The minimum absolute atomic E-state index is 0.224. The molecule has 5 nitrogen and oxygen atoms in total. The first-order valence-electron chi connectivity index (χ1n) is 6.72. The number of aliphatic hydroxyl groups is 1. The number of benzene rings is 1. The van der Waals surface area contributed by atoms with Crippen molar-refractivity contribution in [2.75, 3.05) is 6.61 Å². The van der Waals surface area contributed by atoms with Crippen LogP contribution in [0.15, 0.2) is 47.1 Å². The van der Waals surface area contributed by atoms with E-state index in [4.69, 9.17) is 4.42 Å². The number of aliphatic hydroxyl groups excluding tert-OH is 1. The molecule has 21 heavy (non-hydrogen) atoms. The third-order valence-electron chi connectivity index (χ3n) is 3.40. The fourth-order valence-corrected chi connectivity index (χ4v) is 2.30. The summed E-state index contributed by atoms with van der Waals surface area (Å²) in [7, 11) is 0. The molecule has 0 spiro atoms. The van der Waals surface area contributed by atoms with E-state index < -0.39 is 6.04 Å². The molecule has 1 atom stereocenters. The average molecular weight is 284 g/mol. The molecule has 0 aliphatic rings. The Balaban J connectivity index is 1.83. The number of H-pyrrole nitrogens is 1. The molecule has 5 heteroatoms. The van der Waals surface area contributed by atoms with Crippen LogP contribution in [0.3, 0.4) is 0 Å². The number of aromatic nitrogens is 1. The first-order chi connectivity index (χ1) is 10.2. The number of fused-ring (bicyclic) bond motifs is 1. The molecule has 3 aromatic rings. The van der Waals surface area contributed by atoms with Gasteiger partial charge in [-0.15, -0.1) is 0 Å². The van der Waals surface area contributed by atoms with Gasteiger partial charge in [-0.3, -0.25) is 4.79 Å². The Morgan fingerprint density at radius 2 is 2.24 bits per heavy atom. The molecular weight excluding hydrogens is 268 g/mol. The van der Waals surface area contributed by atoms with E-state index in [0.29, 0.717) is 11.5 Å². The van der Waals surface area contributed by atoms with E-state index in [1.165, 1.54) is 6.26 Å². The summed E-state index contributed by atoms with van der Waals surface area (Å²) in [6.07, 6.45) is 1.51. The number of aryl methyl sites for hydroxylation is 1. The number of carbonyl (C=O) groups excluding carboxylic acids is 1. The Morgan fingerprint density at radius 3 is 2.95 bits per heavy atom. The Labute approximate surface area is 121 Å². The van der Waals surface area contributed by atoms with E-state index in [-0.39, 0.29) is 12.5 Å². The highest BCUT2D eigenvalue weighted by atomic mass is 16.3. The fraction of sp³-hybridized carbons (Fsp3) is 0.188. The van der Waals surface area contributed by atoms with Crippen molar-refractivity contribution in [1.82, 2.24) is 10.3 Å². The van der Waals surface area contributed by atoms with Gasteiger partial charge in [0.2, 0.25) is 0 Å². The zero-order valence-corrected chi connectivity index (χ0v) is 11.6. The van der Waals surface area contributed by atoms with Crippen molar-refractivity contribution in [2.24, 2.45) is 0 Å². The van der Waals surface area contributed by atoms with E-state index >= 15 is 0 Å². The van der Waals surface area contributed by atoms with E-state index in [1.807, 2.05) is 25.1 Å². The van der Waals surface area contributed by atoms with Gasteiger partial charge in [0.1, 0.15) is 17.5 Å². The summed E-state index contributed by atoms with van der Waals surface area (Å²) in [4.78, 5) is 15.4. The summed E-state index contributed by atoms with van der Waals surface area (Å²) in [6.45, 7) is 1.78. The third-order valence-corrected chi connectivity index (χ3v) is 3.40. The van der Waals surface area contributed by atoms with Crippen LogP contribution >= 0.6 is 0 Å². The van der Waals surface area contributed by atoms with E-state index in [9.17, 15) is 9.90 Å². The fourth-order valence-electron chi connectivity index (χ4n) is 2.30. The van der Waals surface area contributed by atoms with Crippen molar-refractivity contribution in [3.63, 3.8) is 0 Å². The topological polar surface area (TPSA) is 78.3 Å². The maximum absolute atomic E-state index is 12.3. The first kappa shape index (κ1) is 13.5. The number of rotatable bonds is 4.